The molecule has 1 amide bonds. The van der Waals surface area contributed by atoms with Gasteiger partial charge in [0.15, 0.2) is 11.6 Å². The van der Waals surface area contributed by atoms with Crippen LogP contribution in [0.4, 0.5) is 33.6 Å². The molecule has 1 fully saturated rings. The van der Waals surface area contributed by atoms with Crippen LogP contribution in [0.25, 0.3) is 0 Å². The van der Waals surface area contributed by atoms with E-state index in [-0.39, 0.29) is 48.0 Å². The summed E-state index contributed by atoms with van der Waals surface area (Å²) in [5, 5.41) is 20.3. The van der Waals surface area contributed by atoms with Crippen LogP contribution in [0.3, 0.4) is 0 Å². The highest BCUT2D eigenvalue weighted by molar-refractivity contribution is 7.11. The van der Waals surface area contributed by atoms with Gasteiger partial charge in [-0.2, -0.15) is 0 Å². The minimum Gasteiger partial charge on any atom is -0.388 e. The highest BCUT2D eigenvalue weighted by Gasteiger charge is 2.32. The van der Waals surface area contributed by atoms with Crippen molar-refractivity contribution in [3.05, 3.63) is 81.4 Å². The zero-order valence-corrected chi connectivity index (χ0v) is 23.0. The van der Waals surface area contributed by atoms with Crippen LogP contribution in [0.15, 0.2) is 48.5 Å². The van der Waals surface area contributed by atoms with E-state index in [1.807, 2.05) is 4.90 Å². The number of benzene rings is 1. The minimum atomic E-state index is -4.89. The van der Waals surface area contributed by atoms with Crippen LogP contribution < -0.4 is 15.0 Å². The van der Waals surface area contributed by atoms with Gasteiger partial charge < -0.3 is 15.0 Å². The van der Waals surface area contributed by atoms with Gasteiger partial charge in [0.1, 0.15) is 27.4 Å². The molecule has 4 aromatic rings. The fourth-order valence-corrected chi connectivity index (χ4v) is 5.42. The van der Waals surface area contributed by atoms with E-state index in [0.717, 1.165) is 29.6 Å². The molecule has 5 rings (SSSR count). The number of anilines is 2. The van der Waals surface area contributed by atoms with Gasteiger partial charge >= 0.3 is 6.36 Å². The number of hydrogen-bond donors (Lipinski definition) is 1. The molecule has 1 N–H and O–H groups in total. The normalized spacial score (nSPS) is 15.0. The number of Topliss-reactive ketones (excluding diaryl/α,β-unsaturated/α-hetero) is 1. The Morgan fingerprint density at radius 3 is 2.58 bits per heavy atom. The van der Waals surface area contributed by atoms with Crippen LogP contribution in [0, 0.1) is 11.6 Å². The number of nitrogens with one attached hydrogen (secondary N) is 1. The molecule has 1 atom stereocenters. The van der Waals surface area contributed by atoms with Gasteiger partial charge in [0.25, 0.3) is 0 Å². The van der Waals surface area contributed by atoms with E-state index in [2.05, 4.69) is 35.4 Å². The first-order valence-corrected chi connectivity index (χ1v) is 13.7. The lowest BCUT2D eigenvalue weighted by Gasteiger charge is -2.16. The molecule has 0 spiro atoms. The Bertz CT molecular complexity index is 1620. The molecule has 224 valence electrons. The molecule has 4 heterocycles. The van der Waals surface area contributed by atoms with Crippen molar-refractivity contribution in [2.24, 2.45) is 0 Å². The van der Waals surface area contributed by atoms with Crippen molar-refractivity contribution in [2.45, 2.75) is 38.0 Å². The number of hydrogen-bond acceptors (Lipinski definition) is 10. The third kappa shape index (κ3) is 8.24. The lowest BCUT2D eigenvalue weighted by molar-refractivity contribution is -0.276. The van der Waals surface area contributed by atoms with Crippen molar-refractivity contribution in [3.63, 3.8) is 0 Å². The van der Waals surface area contributed by atoms with Crippen LogP contribution in [0.2, 0.25) is 0 Å². The number of pyridine rings is 1. The largest absolute Gasteiger partial charge is 0.574 e. The van der Waals surface area contributed by atoms with E-state index in [1.165, 1.54) is 29.5 Å². The molecule has 3 aromatic heterocycles. The van der Waals surface area contributed by atoms with Crippen LogP contribution in [-0.2, 0) is 28.9 Å². The van der Waals surface area contributed by atoms with E-state index in [4.69, 9.17) is 0 Å². The van der Waals surface area contributed by atoms with Gasteiger partial charge in [-0.15, -0.1) is 44.9 Å². The summed E-state index contributed by atoms with van der Waals surface area (Å²) in [5.74, 6) is -2.17. The summed E-state index contributed by atoms with van der Waals surface area (Å²) in [4.78, 5) is 30.4. The summed E-state index contributed by atoms with van der Waals surface area (Å²) in [5.41, 5.74) is 0.203. The van der Waals surface area contributed by atoms with Gasteiger partial charge in [-0.1, -0.05) is 12.1 Å². The minimum absolute atomic E-state index is 0.00753. The maximum atomic E-state index is 13.9. The topological polar surface area (TPSA) is 123 Å². The first-order valence-electron chi connectivity index (χ1n) is 12.9. The molecular formula is C27H22F5N7O3S. The van der Waals surface area contributed by atoms with Gasteiger partial charge in [-0.05, 0) is 36.2 Å². The zero-order chi connectivity index (χ0) is 30.6. The molecule has 10 nitrogen and oxygen atoms in total. The lowest BCUT2D eigenvalue weighted by atomic mass is 10.1. The quantitative estimate of drug-likeness (QED) is 0.257. The average molecular weight is 620 g/mol. The fraction of sp³-hybridized carbons (Fsp3) is 0.296. The van der Waals surface area contributed by atoms with Crippen LogP contribution in [0.5, 0.6) is 5.88 Å². The van der Waals surface area contributed by atoms with E-state index >= 15 is 0 Å². The molecule has 43 heavy (non-hydrogen) atoms. The van der Waals surface area contributed by atoms with Crippen LogP contribution >= 0.6 is 11.3 Å². The summed E-state index contributed by atoms with van der Waals surface area (Å²) in [6.45, 7) is 1.23. The summed E-state index contributed by atoms with van der Waals surface area (Å²) in [6.07, 6.45) is -4.61. The lowest BCUT2D eigenvalue weighted by Crippen LogP contribution is -2.22. The third-order valence-corrected chi connectivity index (χ3v) is 7.44. The summed E-state index contributed by atoms with van der Waals surface area (Å²) < 4.78 is 67.9. The number of ether oxygens (including phenoxy) is 1. The molecule has 1 aliphatic heterocycles. The second kappa shape index (κ2) is 12.7. The van der Waals surface area contributed by atoms with Crippen molar-refractivity contribution in [3.8, 4) is 5.88 Å². The second-order valence-electron chi connectivity index (χ2n) is 9.61. The predicted molar refractivity (Wildman–Crippen MR) is 144 cm³/mol. The van der Waals surface area contributed by atoms with E-state index in [9.17, 15) is 31.5 Å². The monoisotopic (exact) mass is 619 g/mol. The van der Waals surface area contributed by atoms with Crippen LogP contribution in [0.1, 0.15) is 33.6 Å². The number of rotatable bonds is 10. The van der Waals surface area contributed by atoms with Crippen molar-refractivity contribution in [1.29, 1.82) is 0 Å². The summed E-state index contributed by atoms with van der Waals surface area (Å²) in [7, 11) is 0. The van der Waals surface area contributed by atoms with Crippen molar-refractivity contribution < 1.29 is 36.3 Å². The number of amides is 1. The Morgan fingerprint density at radius 2 is 1.84 bits per heavy atom. The Morgan fingerprint density at radius 1 is 1.00 bits per heavy atom. The highest BCUT2D eigenvalue weighted by atomic mass is 32.1. The van der Waals surface area contributed by atoms with Gasteiger partial charge in [0.2, 0.25) is 11.8 Å². The number of aromatic nitrogens is 5. The molecule has 1 aliphatic rings. The third-order valence-electron chi connectivity index (χ3n) is 6.36. The molecular weight excluding hydrogens is 597 g/mol. The summed E-state index contributed by atoms with van der Waals surface area (Å²) >= 11 is 1.31. The van der Waals surface area contributed by atoms with Crippen molar-refractivity contribution in [2.75, 3.05) is 23.3 Å². The Kier molecular flexibility index (Phi) is 8.84. The van der Waals surface area contributed by atoms with Gasteiger partial charge in [-0.3, -0.25) is 9.59 Å². The maximum Gasteiger partial charge on any atom is 0.574 e. The Labute approximate surface area is 244 Å². The zero-order valence-electron chi connectivity index (χ0n) is 22.1. The van der Waals surface area contributed by atoms with E-state index in [1.54, 1.807) is 12.1 Å². The number of nitrogens with zero attached hydrogens (tertiary/aromatic N) is 6. The fourth-order valence-electron chi connectivity index (χ4n) is 4.43. The molecule has 1 aromatic carbocycles. The standard InChI is InChI=1S/C27H22F5N7O3S/c28-17-5-4-15(20(29)11-17)10-19(40)13-25-37-38-26(43-25)16-8-9-39(14-16)22-7-6-21(35-36-22)34-23(41)12-18-2-1-3-24(33-18)42-27(30,31)32/h1-7,11,16H,8-10,12-14H2,(H,34,35,41). The van der Waals surface area contributed by atoms with Crippen LogP contribution in [-0.4, -0.2) is 56.5 Å². The number of ketones is 1. The molecule has 0 saturated carbocycles. The number of carbonyl (C=O) groups excluding carboxylic acids is 2. The van der Waals surface area contributed by atoms with Crippen molar-refractivity contribution >= 4 is 34.7 Å². The first kappa shape index (κ1) is 29.9. The highest BCUT2D eigenvalue weighted by Crippen LogP contribution is 2.32. The smallest absolute Gasteiger partial charge is 0.388 e. The average Bonchev–Trinajstić information content (AvgIpc) is 3.60. The van der Waals surface area contributed by atoms with E-state index in [0.29, 0.717) is 23.9 Å². The number of alkyl halides is 3. The molecule has 0 radical (unpaired) electrons. The first-order chi connectivity index (χ1) is 20.5. The number of halogens is 5. The maximum absolute atomic E-state index is 13.9. The molecule has 0 aliphatic carbocycles. The predicted octanol–water partition coefficient (Wildman–Crippen LogP) is 4.43. The van der Waals surface area contributed by atoms with Gasteiger partial charge in [-0.25, -0.2) is 13.8 Å². The Balaban J connectivity index is 1.11. The van der Waals surface area contributed by atoms with Crippen molar-refractivity contribution in [1.82, 2.24) is 25.4 Å². The second-order valence-corrected chi connectivity index (χ2v) is 10.7. The molecule has 1 unspecified atom stereocenters. The Hall–Kier alpha value is -4.60. The molecule has 0 bridgehead atoms. The summed E-state index contributed by atoms with van der Waals surface area (Å²) in [6, 6.07) is 10.1. The molecule has 16 heteroatoms. The molecule has 1 saturated heterocycles. The van der Waals surface area contributed by atoms with Gasteiger partial charge in [0, 0.05) is 37.6 Å². The van der Waals surface area contributed by atoms with Gasteiger partial charge in [0.05, 0.1) is 18.5 Å². The SMILES string of the molecule is O=C(Cc1nnc(C2CCN(c3ccc(NC(=O)Cc4cccc(OC(F)(F)F)n4)nn3)C2)s1)Cc1ccc(F)cc1F. The number of carbonyl (C=O) groups is 2. The van der Waals surface area contributed by atoms with E-state index < -0.39 is 29.8 Å².